The van der Waals surface area contributed by atoms with Gasteiger partial charge in [0.15, 0.2) is 0 Å². The van der Waals surface area contributed by atoms with Crippen molar-refractivity contribution in [2.45, 2.75) is 20.1 Å². The fraction of sp³-hybridized carbons (Fsp3) is 0.250. The fourth-order valence-corrected chi connectivity index (χ4v) is 3.17. The Morgan fingerprint density at radius 1 is 1.19 bits per heavy atom. The molecule has 0 saturated carbocycles. The molecule has 1 aromatic carbocycles. The molecule has 0 spiro atoms. The van der Waals surface area contributed by atoms with Crippen molar-refractivity contribution in [3.8, 4) is 0 Å². The highest BCUT2D eigenvalue weighted by Gasteiger charge is 2.07. The van der Waals surface area contributed by atoms with Crippen LogP contribution in [-0.2, 0) is 17.9 Å². The van der Waals surface area contributed by atoms with Gasteiger partial charge in [0, 0.05) is 18.5 Å². The minimum atomic E-state index is 0.620. The van der Waals surface area contributed by atoms with Gasteiger partial charge in [-0.25, -0.2) is 9.97 Å². The SMILES string of the molecule is COCc1ccccc1CNc1ncnc2sc(C)cc12. The van der Waals surface area contributed by atoms with E-state index in [0.717, 1.165) is 22.6 Å². The first-order chi connectivity index (χ1) is 10.3. The van der Waals surface area contributed by atoms with Crippen LogP contribution in [0.15, 0.2) is 36.7 Å². The fourth-order valence-electron chi connectivity index (χ4n) is 2.32. The van der Waals surface area contributed by atoms with Crippen LogP contribution in [0.1, 0.15) is 16.0 Å². The lowest BCUT2D eigenvalue weighted by Crippen LogP contribution is -2.05. The van der Waals surface area contributed by atoms with Gasteiger partial charge in [0.1, 0.15) is 17.0 Å². The van der Waals surface area contributed by atoms with E-state index in [1.165, 1.54) is 16.0 Å². The first kappa shape index (κ1) is 14.0. The Bertz CT molecular complexity index is 754. The van der Waals surface area contributed by atoms with Crippen molar-refractivity contribution in [1.29, 1.82) is 0 Å². The Morgan fingerprint density at radius 2 is 2.00 bits per heavy atom. The quantitative estimate of drug-likeness (QED) is 0.779. The van der Waals surface area contributed by atoms with Gasteiger partial charge >= 0.3 is 0 Å². The first-order valence-corrected chi connectivity index (χ1v) is 7.60. The van der Waals surface area contributed by atoms with Crippen LogP contribution in [0.2, 0.25) is 0 Å². The van der Waals surface area contributed by atoms with Crippen molar-refractivity contribution in [3.05, 3.63) is 52.7 Å². The van der Waals surface area contributed by atoms with E-state index < -0.39 is 0 Å². The third-order valence-electron chi connectivity index (χ3n) is 3.32. The molecule has 0 aliphatic rings. The molecule has 0 fully saturated rings. The number of rotatable bonds is 5. The number of anilines is 1. The number of hydrogen-bond acceptors (Lipinski definition) is 5. The summed E-state index contributed by atoms with van der Waals surface area (Å²) < 4.78 is 5.24. The van der Waals surface area contributed by atoms with E-state index in [-0.39, 0.29) is 0 Å². The Morgan fingerprint density at radius 3 is 2.81 bits per heavy atom. The van der Waals surface area contributed by atoms with Crippen molar-refractivity contribution < 1.29 is 4.74 Å². The highest BCUT2D eigenvalue weighted by molar-refractivity contribution is 7.18. The van der Waals surface area contributed by atoms with Crippen LogP contribution in [0.3, 0.4) is 0 Å². The molecular weight excluding hydrogens is 282 g/mol. The van der Waals surface area contributed by atoms with E-state index in [1.807, 2.05) is 12.1 Å². The van der Waals surface area contributed by atoms with Crippen LogP contribution < -0.4 is 5.32 Å². The number of fused-ring (bicyclic) bond motifs is 1. The molecule has 0 saturated heterocycles. The predicted molar refractivity (Wildman–Crippen MR) is 86.6 cm³/mol. The Labute approximate surface area is 127 Å². The molecule has 5 heteroatoms. The Hall–Kier alpha value is -1.98. The van der Waals surface area contributed by atoms with Gasteiger partial charge in [0.2, 0.25) is 0 Å². The zero-order valence-corrected chi connectivity index (χ0v) is 12.9. The molecule has 1 N–H and O–H groups in total. The average Bonchev–Trinajstić information content (AvgIpc) is 2.87. The van der Waals surface area contributed by atoms with Crippen molar-refractivity contribution in [1.82, 2.24) is 9.97 Å². The number of thiophene rings is 1. The molecule has 0 unspecified atom stereocenters. The summed E-state index contributed by atoms with van der Waals surface area (Å²) in [6.45, 7) is 3.43. The van der Waals surface area contributed by atoms with E-state index in [0.29, 0.717) is 6.61 Å². The summed E-state index contributed by atoms with van der Waals surface area (Å²) >= 11 is 1.69. The maximum atomic E-state index is 5.24. The van der Waals surface area contributed by atoms with Gasteiger partial charge in [-0.05, 0) is 24.1 Å². The van der Waals surface area contributed by atoms with Crippen LogP contribution in [0.25, 0.3) is 10.2 Å². The second-order valence-corrected chi connectivity index (χ2v) is 6.09. The lowest BCUT2D eigenvalue weighted by molar-refractivity contribution is 0.184. The van der Waals surface area contributed by atoms with Gasteiger partial charge in [0.25, 0.3) is 0 Å². The molecule has 0 amide bonds. The van der Waals surface area contributed by atoms with Gasteiger partial charge < -0.3 is 10.1 Å². The third kappa shape index (κ3) is 3.04. The normalized spacial score (nSPS) is 11.0. The number of aromatic nitrogens is 2. The number of nitrogens with one attached hydrogen (secondary N) is 1. The molecule has 108 valence electrons. The lowest BCUT2D eigenvalue weighted by atomic mass is 10.1. The largest absolute Gasteiger partial charge is 0.380 e. The summed E-state index contributed by atoms with van der Waals surface area (Å²) in [5, 5.41) is 4.50. The maximum absolute atomic E-state index is 5.24. The number of nitrogens with zero attached hydrogens (tertiary/aromatic N) is 2. The van der Waals surface area contributed by atoms with E-state index in [9.17, 15) is 0 Å². The monoisotopic (exact) mass is 299 g/mol. The number of methoxy groups -OCH3 is 1. The number of benzene rings is 1. The minimum absolute atomic E-state index is 0.620. The molecule has 0 bridgehead atoms. The van der Waals surface area contributed by atoms with Crippen molar-refractivity contribution in [3.63, 3.8) is 0 Å². The average molecular weight is 299 g/mol. The zero-order valence-electron chi connectivity index (χ0n) is 12.1. The molecule has 3 rings (SSSR count). The molecule has 4 nitrogen and oxygen atoms in total. The van der Waals surface area contributed by atoms with E-state index in [4.69, 9.17) is 4.74 Å². The van der Waals surface area contributed by atoms with Crippen LogP contribution in [0.5, 0.6) is 0 Å². The third-order valence-corrected chi connectivity index (χ3v) is 4.28. The van der Waals surface area contributed by atoms with Crippen molar-refractivity contribution >= 4 is 27.4 Å². The molecule has 2 heterocycles. The molecule has 21 heavy (non-hydrogen) atoms. The standard InChI is InChI=1S/C16H17N3OS/c1-11-7-14-15(18-10-19-16(14)21-11)17-8-12-5-3-4-6-13(12)9-20-2/h3-7,10H,8-9H2,1-2H3,(H,17,18,19). The second kappa shape index (κ2) is 6.20. The van der Waals surface area contributed by atoms with E-state index in [2.05, 4.69) is 40.4 Å². The van der Waals surface area contributed by atoms with Gasteiger partial charge in [-0.1, -0.05) is 24.3 Å². The molecule has 2 aromatic heterocycles. The van der Waals surface area contributed by atoms with Crippen molar-refractivity contribution in [2.75, 3.05) is 12.4 Å². The van der Waals surface area contributed by atoms with Crippen LogP contribution in [0, 0.1) is 6.92 Å². The maximum Gasteiger partial charge on any atom is 0.138 e. The minimum Gasteiger partial charge on any atom is -0.380 e. The first-order valence-electron chi connectivity index (χ1n) is 6.78. The van der Waals surface area contributed by atoms with Gasteiger partial charge in [0.05, 0.1) is 12.0 Å². The van der Waals surface area contributed by atoms with Gasteiger partial charge in [-0.2, -0.15) is 0 Å². The van der Waals surface area contributed by atoms with Crippen LogP contribution in [-0.4, -0.2) is 17.1 Å². The van der Waals surface area contributed by atoms with Crippen molar-refractivity contribution in [2.24, 2.45) is 0 Å². The Kier molecular flexibility index (Phi) is 4.13. The summed E-state index contributed by atoms with van der Waals surface area (Å²) in [6, 6.07) is 10.4. The van der Waals surface area contributed by atoms with Gasteiger partial charge in [-0.3, -0.25) is 0 Å². The smallest absolute Gasteiger partial charge is 0.138 e. The summed E-state index contributed by atoms with van der Waals surface area (Å²) in [5.41, 5.74) is 2.41. The second-order valence-electron chi connectivity index (χ2n) is 4.85. The molecule has 3 aromatic rings. The highest BCUT2D eigenvalue weighted by atomic mass is 32.1. The lowest BCUT2D eigenvalue weighted by Gasteiger charge is -2.10. The number of hydrogen-bond donors (Lipinski definition) is 1. The van der Waals surface area contributed by atoms with E-state index >= 15 is 0 Å². The summed E-state index contributed by atoms with van der Waals surface area (Å²) in [4.78, 5) is 10.9. The zero-order chi connectivity index (χ0) is 14.7. The van der Waals surface area contributed by atoms with E-state index in [1.54, 1.807) is 24.8 Å². The Balaban J connectivity index is 1.83. The predicted octanol–water partition coefficient (Wildman–Crippen LogP) is 3.76. The summed E-state index contributed by atoms with van der Waals surface area (Å²) in [5.74, 6) is 0.886. The molecule has 0 aliphatic heterocycles. The molecule has 0 aliphatic carbocycles. The number of ether oxygens (including phenoxy) is 1. The molecule has 0 atom stereocenters. The van der Waals surface area contributed by atoms with Gasteiger partial charge in [-0.15, -0.1) is 11.3 Å². The van der Waals surface area contributed by atoms with Crippen LogP contribution in [0.4, 0.5) is 5.82 Å². The number of aryl methyl sites for hydroxylation is 1. The topological polar surface area (TPSA) is 47.0 Å². The molecule has 0 radical (unpaired) electrons. The van der Waals surface area contributed by atoms with Crippen LogP contribution >= 0.6 is 11.3 Å². The summed E-state index contributed by atoms with van der Waals surface area (Å²) in [7, 11) is 1.71. The summed E-state index contributed by atoms with van der Waals surface area (Å²) in [6.07, 6.45) is 1.61. The highest BCUT2D eigenvalue weighted by Crippen LogP contribution is 2.27. The molecular formula is C16H17N3OS.